The van der Waals surface area contributed by atoms with E-state index in [1.807, 2.05) is 16.3 Å². The van der Waals surface area contributed by atoms with Crippen LogP contribution in [0.3, 0.4) is 0 Å². The fourth-order valence-electron chi connectivity index (χ4n) is 2.32. The molecule has 4 nitrogen and oxygen atoms in total. The van der Waals surface area contributed by atoms with Gasteiger partial charge in [-0.25, -0.2) is 0 Å². The average Bonchev–Trinajstić information content (AvgIpc) is 2.74. The lowest BCUT2D eigenvalue weighted by Gasteiger charge is -2.34. The minimum absolute atomic E-state index is 0.0406. The van der Waals surface area contributed by atoms with Gasteiger partial charge < -0.3 is 15.4 Å². The van der Waals surface area contributed by atoms with Gasteiger partial charge in [0, 0.05) is 19.1 Å². The summed E-state index contributed by atoms with van der Waals surface area (Å²) in [4.78, 5) is 14.8. The van der Waals surface area contributed by atoms with Crippen molar-refractivity contribution in [3.63, 3.8) is 0 Å². The molecule has 2 unspecified atom stereocenters. The second kappa shape index (κ2) is 5.06. The molecule has 0 bridgehead atoms. The molecule has 1 fully saturated rings. The fraction of sp³-hybridized carbons (Fsp3) is 0.583. The van der Waals surface area contributed by atoms with Crippen LogP contribution in [0.1, 0.15) is 23.0 Å². The van der Waals surface area contributed by atoms with Gasteiger partial charge in [-0.05, 0) is 23.8 Å². The summed E-state index contributed by atoms with van der Waals surface area (Å²) in [6.45, 7) is 3.56. The fourth-order valence-corrected chi connectivity index (χ4v) is 3.15. The van der Waals surface area contributed by atoms with Crippen LogP contribution in [-0.2, 0) is 0 Å². The summed E-state index contributed by atoms with van der Waals surface area (Å²) in [6, 6.07) is 1.92. The molecular formula is C12H18N2O2S. The van der Waals surface area contributed by atoms with E-state index in [1.54, 1.807) is 7.11 Å². The molecule has 1 aliphatic rings. The predicted octanol–water partition coefficient (Wildman–Crippen LogP) is 1.57. The number of nitrogens with zero attached hydrogens (tertiary/aromatic N) is 1. The Labute approximate surface area is 105 Å². The zero-order valence-corrected chi connectivity index (χ0v) is 11.0. The molecule has 1 aromatic heterocycles. The molecule has 2 heterocycles. The van der Waals surface area contributed by atoms with E-state index in [9.17, 15) is 4.79 Å². The van der Waals surface area contributed by atoms with Crippen LogP contribution in [0.5, 0.6) is 5.75 Å². The second-order valence-corrected chi connectivity index (χ2v) is 5.55. The van der Waals surface area contributed by atoms with Gasteiger partial charge in [-0.2, -0.15) is 0 Å². The molecule has 94 valence electrons. The molecule has 2 N–H and O–H groups in total. The first kappa shape index (κ1) is 12.4. The molecule has 0 saturated carbocycles. The molecule has 1 amide bonds. The van der Waals surface area contributed by atoms with Crippen molar-refractivity contribution in [1.82, 2.24) is 4.90 Å². The van der Waals surface area contributed by atoms with Crippen LogP contribution in [0, 0.1) is 5.92 Å². The van der Waals surface area contributed by atoms with Crippen LogP contribution in [0.25, 0.3) is 0 Å². The maximum absolute atomic E-state index is 12.3. The van der Waals surface area contributed by atoms with Crippen LogP contribution in [0.15, 0.2) is 11.4 Å². The van der Waals surface area contributed by atoms with Gasteiger partial charge in [0.05, 0.1) is 7.11 Å². The quantitative estimate of drug-likeness (QED) is 0.871. The van der Waals surface area contributed by atoms with Crippen molar-refractivity contribution in [1.29, 1.82) is 0 Å². The molecule has 2 atom stereocenters. The van der Waals surface area contributed by atoms with Gasteiger partial charge in [0.25, 0.3) is 5.91 Å². The number of hydrogen-bond acceptors (Lipinski definition) is 4. The molecule has 0 spiro atoms. The summed E-state index contributed by atoms with van der Waals surface area (Å²) in [5.74, 6) is 1.17. The summed E-state index contributed by atoms with van der Waals surface area (Å²) in [7, 11) is 1.59. The lowest BCUT2D eigenvalue weighted by Crippen LogP contribution is -2.48. The maximum atomic E-state index is 12.3. The monoisotopic (exact) mass is 254 g/mol. The van der Waals surface area contributed by atoms with E-state index in [2.05, 4.69) is 6.92 Å². The van der Waals surface area contributed by atoms with Crippen molar-refractivity contribution in [3.05, 3.63) is 16.3 Å². The van der Waals surface area contributed by atoms with Crippen molar-refractivity contribution >= 4 is 17.2 Å². The molecule has 1 aromatic rings. The SMILES string of the molecule is COc1ccsc1C(=O)N1CC(C)CC(N)C1. The highest BCUT2D eigenvalue weighted by Crippen LogP contribution is 2.27. The minimum atomic E-state index is 0.0406. The third kappa shape index (κ3) is 2.61. The normalized spacial score (nSPS) is 24.8. The molecule has 2 rings (SSSR count). The van der Waals surface area contributed by atoms with Crippen LogP contribution in [0.4, 0.5) is 0 Å². The molecule has 17 heavy (non-hydrogen) atoms. The number of carbonyl (C=O) groups excluding carboxylic acids is 1. The van der Waals surface area contributed by atoms with Crippen LogP contribution in [0.2, 0.25) is 0 Å². The number of hydrogen-bond donors (Lipinski definition) is 1. The number of carbonyl (C=O) groups is 1. The van der Waals surface area contributed by atoms with E-state index in [-0.39, 0.29) is 11.9 Å². The van der Waals surface area contributed by atoms with E-state index < -0.39 is 0 Å². The van der Waals surface area contributed by atoms with Crippen LogP contribution in [-0.4, -0.2) is 37.0 Å². The number of nitrogens with two attached hydrogens (primary N) is 1. The minimum Gasteiger partial charge on any atom is -0.495 e. The number of piperidine rings is 1. The smallest absolute Gasteiger partial charge is 0.267 e. The highest BCUT2D eigenvalue weighted by atomic mass is 32.1. The highest BCUT2D eigenvalue weighted by Gasteiger charge is 2.28. The van der Waals surface area contributed by atoms with Gasteiger partial charge in [-0.15, -0.1) is 11.3 Å². The van der Waals surface area contributed by atoms with Gasteiger partial charge in [0.2, 0.25) is 0 Å². The third-order valence-corrected chi connectivity index (χ3v) is 3.91. The standard InChI is InChI=1S/C12H18N2O2S/c1-8-5-9(13)7-14(6-8)12(15)11-10(16-2)3-4-17-11/h3-4,8-9H,5-7,13H2,1-2H3. The number of ether oxygens (including phenoxy) is 1. The van der Waals surface area contributed by atoms with Gasteiger partial charge in [0.15, 0.2) is 0 Å². The largest absolute Gasteiger partial charge is 0.495 e. The van der Waals surface area contributed by atoms with Crippen molar-refractivity contribution in [2.75, 3.05) is 20.2 Å². The van der Waals surface area contributed by atoms with E-state index >= 15 is 0 Å². The summed E-state index contributed by atoms with van der Waals surface area (Å²) in [5.41, 5.74) is 5.96. The molecule has 0 aromatic carbocycles. The predicted molar refractivity (Wildman–Crippen MR) is 68.5 cm³/mol. The summed E-state index contributed by atoms with van der Waals surface area (Å²) in [6.07, 6.45) is 0.991. The van der Waals surface area contributed by atoms with Crippen LogP contribution < -0.4 is 10.5 Å². The Hall–Kier alpha value is -1.07. The highest BCUT2D eigenvalue weighted by molar-refractivity contribution is 7.12. The summed E-state index contributed by atoms with van der Waals surface area (Å²) in [5, 5.41) is 1.87. The average molecular weight is 254 g/mol. The van der Waals surface area contributed by atoms with E-state index in [4.69, 9.17) is 10.5 Å². The van der Waals surface area contributed by atoms with Gasteiger partial charge >= 0.3 is 0 Å². The Morgan fingerprint density at radius 3 is 3.00 bits per heavy atom. The van der Waals surface area contributed by atoms with Crippen molar-refractivity contribution in [3.8, 4) is 5.75 Å². The van der Waals surface area contributed by atoms with E-state index in [1.165, 1.54) is 11.3 Å². The molecule has 1 aliphatic heterocycles. The lowest BCUT2D eigenvalue weighted by molar-refractivity contribution is 0.0663. The van der Waals surface area contributed by atoms with E-state index in [0.717, 1.165) is 13.0 Å². The Morgan fingerprint density at radius 2 is 2.35 bits per heavy atom. The van der Waals surface area contributed by atoms with Gasteiger partial charge in [0.1, 0.15) is 10.6 Å². The second-order valence-electron chi connectivity index (χ2n) is 4.63. The third-order valence-electron chi connectivity index (χ3n) is 3.02. The first-order valence-electron chi connectivity index (χ1n) is 5.78. The molecule has 5 heteroatoms. The Bertz CT molecular complexity index is 395. The zero-order valence-electron chi connectivity index (χ0n) is 10.2. The Balaban J connectivity index is 2.14. The van der Waals surface area contributed by atoms with Crippen molar-refractivity contribution in [2.45, 2.75) is 19.4 Å². The topological polar surface area (TPSA) is 55.6 Å². The summed E-state index contributed by atoms with van der Waals surface area (Å²) < 4.78 is 5.18. The Morgan fingerprint density at radius 1 is 1.59 bits per heavy atom. The van der Waals surface area contributed by atoms with Gasteiger partial charge in [-0.3, -0.25) is 4.79 Å². The molecule has 0 radical (unpaired) electrons. The number of thiophene rings is 1. The lowest BCUT2D eigenvalue weighted by atomic mass is 9.96. The van der Waals surface area contributed by atoms with E-state index in [0.29, 0.717) is 23.1 Å². The first-order valence-corrected chi connectivity index (χ1v) is 6.66. The molecule has 0 aliphatic carbocycles. The number of likely N-dealkylation sites (tertiary alicyclic amines) is 1. The summed E-state index contributed by atoms with van der Waals surface area (Å²) >= 11 is 1.42. The first-order chi connectivity index (χ1) is 8.11. The Kier molecular flexibility index (Phi) is 3.69. The molecule has 1 saturated heterocycles. The number of rotatable bonds is 2. The maximum Gasteiger partial charge on any atom is 0.267 e. The molecular weight excluding hydrogens is 236 g/mol. The van der Waals surface area contributed by atoms with Crippen molar-refractivity contribution in [2.24, 2.45) is 11.7 Å². The van der Waals surface area contributed by atoms with Crippen molar-refractivity contribution < 1.29 is 9.53 Å². The number of methoxy groups -OCH3 is 1. The van der Waals surface area contributed by atoms with Gasteiger partial charge in [-0.1, -0.05) is 6.92 Å². The van der Waals surface area contributed by atoms with Crippen LogP contribution >= 0.6 is 11.3 Å². The zero-order chi connectivity index (χ0) is 12.4. The number of amides is 1.